The first-order chi connectivity index (χ1) is 11.2. The number of nitrogens with one attached hydrogen (secondary N) is 2. The molecule has 3 N–H and O–H groups in total. The minimum atomic E-state index is -3.41. The van der Waals surface area contributed by atoms with Gasteiger partial charge in [0.2, 0.25) is 5.91 Å². The third kappa shape index (κ3) is 4.56. The van der Waals surface area contributed by atoms with E-state index in [0.717, 1.165) is 6.26 Å². The van der Waals surface area contributed by atoms with Crippen LogP contribution in [0.3, 0.4) is 0 Å². The quantitative estimate of drug-likeness (QED) is 0.743. The summed E-state index contributed by atoms with van der Waals surface area (Å²) in [5, 5.41) is 17.2. The zero-order chi connectivity index (χ0) is 17.9. The molecular formula is C14H15N3O6S. The van der Waals surface area contributed by atoms with Gasteiger partial charge in [-0.3, -0.25) is 10.1 Å². The number of sulfone groups is 1. The van der Waals surface area contributed by atoms with Crippen molar-refractivity contribution in [1.29, 1.82) is 0 Å². The van der Waals surface area contributed by atoms with Gasteiger partial charge >= 0.3 is 6.09 Å². The van der Waals surface area contributed by atoms with Gasteiger partial charge in [0.25, 0.3) is 0 Å². The summed E-state index contributed by atoms with van der Waals surface area (Å²) in [4.78, 5) is 22.4. The molecule has 0 aliphatic carbocycles. The summed E-state index contributed by atoms with van der Waals surface area (Å²) >= 11 is 0. The van der Waals surface area contributed by atoms with Crippen molar-refractivity contribution in [2.75, 3.05) is 22.6 Å². The smallest absolute Gasteiger partial charge is 0.409 e. The number of carbonyl (C=O) groups excluding carboxylic acids is 1. The maximum absolute atomic E-state index is 11.6. The molecule has 0 unspecified atom stereocenters. The zero-order valence-corrected chi connectivity index (χ0v) is 13.7. The Kier molecular flexibility index (Phi) is 4.88. The number of benzene rings is 1. The molecular weight excluding hydrogens is 338 g/mol. The summed E-state index contributed by atoms with van der Waals surface area (Å²) in [5.74, 6) is -1.01. The van der Waals surface area contributed by atoms with Crippen LogP contribution in [0, 0.1) is 6.92 Å². The number of carboxylic acid groups (broad SMARTS) is 1. The summed E-state index contributed by atoms with van der Waals surface area (Å²) in [6.45, 7) is 1.60. The largest absolute Gasteiger partial charge is 0.465 e. The third-order valence-corrected chi connectivity index (χ3v) is 3.71. The first kappa shape index (κ1) is 17.5. The highest BCUT2D eigenvalue weighted by Gasteiger charge is 2.17. The van der Waals surface area contributed by atoms with Gasteiger partial charge in [0.1, 0.15) is 17.1 Å². The van der Waals surface area contributed by atoms with Crippen molar-refractivity contribution in [3.05, 3.63) is 30.0 Å². The maximum Gasteiger partial charge on any atom is 0.409 e. The molecule has 0 aliphatic rings. The fourth-order valence-electron chi connectivity index (χ4n) is 1.96. The van der Waals surface area contributed by atoms with Gasteiger partial charge < -0.3 is 14.9 Å². The van der Waals surface area contributed by atoms with Crippen molar-refractivity contribution >= 4 is 33.2 Å². The summed E-state index contributed by atoms with van der Waals surface area (Å²) in [7, 11) is -3.41. The topological polar surface area (TPSA) is 139 Å². The SMILES string of the molecule is Cc1noc(-c2ccc(NC(=O)CS(C)(=O)=O)cc2)c1NC(=O)O. The molecule has 1 aromatic heterocycles. The fourth-order valence-corrected chi connectivity index (χ4v) is 2.51. The number of aromatic nitrogens is 1. The monoisotopic (exact) mass is 353 g/mol. The number of carbonyl (C=O) groups is 2. The van der Waals surface area contributed by atoms with Crippen molar-refractivity contribution < 1.29 is 27.6 Å². The van der Waals surface area contributed by atoms with Crippen LogP contribution in [0.25, 0.3) is 11.3 Å². The molecule has 0 fully saturated rings. The Morgan fingerprint density at radius 2 is 1.83 bits per heavy atom. The Bertz CT molecular complexity index is 870. The summed E-state index contributed by atoms with van der Waals surface area (Å²) in [5.41, 5.74) is 1.56. The lowest BCUT2D eigenvalue weighted by molar-refractivity contribution is -0.113. The van der Waals surface area contributed by atoms with Crippen molar-refractivity contribution in [3.8, 4) is 11.3 Å². The molecule has 0 radical (unpaired) electrons. The average molecular weight is 353 g/mol. The molecule has 0 aliphatic heterocycles. The van der Waals surface area contributed by atoms with Crippen LogP contribution in [-0.4, -0.2) is 42.7 Å². The third-order valence-electron chi connectivity index (χ3n) is 2.92. The lowest BCUT2D eigenvalue weighted by Gasteiger charge is -2.06. The molecule has 0 bridgehead atoms. The fraction of sp³-hybridized carbons (Fsp3) is 0.214. The van der Waals surface area contributed by atoms with E-state index in [-0.39, 0.29) is 11.4 Å². The predicted octanol–water partition coefficient (Wildman–Crippen LogP) is 1.72. The van der Waals surface area contributed by atoms with Gasteiger partial charge in [-0.25, -0.2) is 13.2 Å². The van der Waals surface area contributed by atoms with Crippen LogP contribution in [0.5, 0.6) is 0 Å². The van der Waals surface area contributed by atoms with Crippen molar-refractivity contribution in [2.45, 2.75) is 6.92 Å². The second kappa shape index (κ2) is 6.71. The van der Waals surface area contributed by atoms with E-state index in [1.807, 2.05) is 0 Å². The van der Waals surface area contributed by atoms with E-state index < -0.39 is 27.6 Å². The van der Waals surface area contributed by atoms with Gasteiger partial charge in [0.05, 0.1) is 0 Å². The first-order valence-corrected chi connectivity index (χ1v) is 8.76. The van der Waals surface area contributed by atoms with E-state index in [1.54, 1.807) is 19.1 Å². The maximum atomic E-state index is 11.6. The molecule has 0 spiro atoms. The first-order valence-electron chi connectivity index (χ1n) is 6.70. The summed E-state index contributed by atoms with van der Waals surface area (Å²) in [6.07, 6.45) is -0.272. The second-order valence-corrected chi connectivity index (χ2v) is 7.24. The van der Waals surface area contributed by atoms with Crippen LogP contribution in [0.2, 0.25) is 0 Å². The molecule has 128 valence electrons. The Labute approximate surface area is 137 Å². The Morgan fingerprint density at radius 1 is 1.21 bits per heavy atom. The Hall–Kier alpha value is -2.88. The lowest BCUT2D eigenvalue weighted by atomic mass is 10.1. The van der Waals surface area contributed by atoms with E-state index in [9.17, 15) is 18.0 Å². The highest BCUT2D eigenvalue weighted by atomic mass is 32.2. The van der Waals surface area contributed by atoms with E-state index >= 15 is 0 Å². The molecule has 2 amide bonds. The van der Waals surface area contributed by atoms with Crippen LogP contribution in [-0.2, 0) is 14.6 Å². The number of anilines is 2. The van der Waals surface area contributed by atoms with Gasteiger partial charge in [-0.1, -0.05) is 5.16 Å². The molecule has 0 saturated carbocycles. The highest BCUT2D eigenvalue weighted by Crippen LogP contribution is 2.31. The predicted molar refractivity (Wildman–Crippen MR) is 86.7 cm³/mol. The van der Waals surface area contributed by atoms with Crippen LogP contribution in [0.4, 0.5) is 16.2 Å². The highest BCUT2D eigenvalue weighted by molar-refractivity contribution is 7.91. The molecule has 9 nitrogen and oxygen atoms in total. The minimum Gasteiger partial charge on any atom is -0.465 e. The van der Waals surface area contributed by atoms with Crippen molar-refractivity contribution in [1.82, 2.24) is 5.16 Å². The van der Waals surface area contributed by atoms with Gasteiger partial charge in [-0.2, -0.15) is 0 Å². The number of hydrogen-bond acceptors (Lipinski definition) is 6. The number of nitrogens with zero attached hydrogens (tertiary/aromatic N) is 1. The number of rotatable bonds is 5. The van der Waals surface area contributed by atoms with Crippen LogP contribution in [0.15, 0.2) is 28.8 Å². The van der Waals surface area contributed by atoms with E-state index in [2.05, 4.69) is 15.8 Å². The molecule has 1 heterocycles. The van der Waals surface area contributed by atoms with Gasteiger partial charge in [-0.05, 0) is 31.2 Å². The summed E-state index contributed by atoms with van der Waals surface area (Å²) in [6, 6.07) is 6.25. The van der Waals surface area contributed by atoms with Gasteiger partial charge in [0.15, 0.2) is 15.6 Å². The van der Waals surface area contributed by atoms with Crippen molar-refractivity contribution in [2.24, 2.45) is 0 Å². The molecule has 0 saturated heterocycles. The van der Waals surface area contributed by atoms with E-state index in [1.165, 1.54) is 12.1 Å². The van der Waals surface area contributed by atoms with Crippen LogP contribution >= 0.6 is 0 Å². The Morgan fingerprint density at radius 3 is 2.38 bits per heavy atom. The molecule has 2 aromatic rings. The summed E-state index contributed by atoms with van der Waals surface area (Å²) < 4.78 is 27.3. The van der Waals surface area contributed by atoms with Crippen LogP contribution < -0.4 is 10.6 Å². The Balaban J connectivity index is 2.18. The lowest BCUT2D eigenvalue weighted by Crippen LogP contribution is -2.21. The number of hydrogen-bond donors (Lipinski definition) is 3. The molecule has 1 aromatic carbocycles. The molecule has 24 heavy (non-hydrogen) atoms. The standard InChI is InChI=1S/C14H15N3O6S/c1-8-12(16-14(19)20)13(23-17-8)9-3-5-10(6-4-9)15-11(18)7-24(2,21)22/h3-6,16H,7H2,1-2H3,(H,15,18)(H,19,20). The zero-order valence-electron chi connectivity index (χ0n) is 12.9. The number of aryl methyl sites for hydroxylation is 1. The van der Waals surface area contributed by atoms with E-state index in [0.29, 0.717) is 16.9 Å². The normalized spacial score (nSPS) is 11.1. The second-order valence-electron chi connectivity index (χ2n) is 5.10. The van der Waals surface area contributed by atoms with Gasteiger partial charge in [-0.15, -0.1) is 0 Å². The average Bonchev–Trinajstić information content (AvgIpc) is 2.78. The minimum absolute atomic E-state index is 0.233. The molecule has 10 heteroatoms. The molecule has 2 rings (SSSR count). The van der Waals surface area contributed by atoms with E-state index in [4.69, 9.17) is 9.63 Å². The van der Waals surface area contributed by atoms with Gasteiger partial charge in [0, 0.05) is 17.5 Å². The molecule has 0 atom stereocenters. The van der Waals surface area contributed by atoms with Crippen LogP contribution in [0.1, 0.15) is 5.69 Å². The van der Waals surface area contributed by atoms with Crippen molar-refractivity contribution in [3.63, 3.8) is 0 Å². The number of amides is 2.